The molecule has 0 aliphatic heterocycles. The van der Waals surface area contributed by atoms with Crippen LogP contribution in [0.1, 0.15) is 48.0 Å². The van der Waals surface area contributed by atoms with Gasteiger partial charge in [-0.3, -0.25) is 0 Å². The van der Waals surface area contributed by atoms with Gasteiger partial charge in [-0.05, 0) is 48.3 Å². The summed E-state index contributed by atoms with van der Waals surface area (Å²) in [5.41, 5.74) is 2.40. The molecule has 0 bridgehead atoms. The van der Waals surface area contributed by atoms with E-state index in [1.54, 1.807) is 35.9 Å². The zero-order valence-electron chi connectivity index (χ0n) is 15.7. The Hall–Kier alpha value is -2.47. The van der Waals surface area contributed by atoms with Gasteiger partial charge in [-0.1, -0.05) is 32.9 Å². The zero-order chi connectivity index (χ0) is 19.2. The van der Waals surface area contributed by atoms with Crippen molar-refractivity contribution in [2.75, 3.05) is 5.32 Å². The molecule has 3 aromatic rings. The molecule has 1 aromatic carbocycles. The maximum absolute atomic E-state index is 11.5. The molecule has 0 amide bonds. The number of fused-ring (bicyclic) bond motifs is 3. The molecule has 140 valence electrons. The number of benzene rings is 1. The number of thiophene rings is 1. The maximum Gasteiger partial charge on any atom is 0.337 e. The summed E-state index contributed by atoms with van der Waals surface area (Å²) in [6.07, 6.45) is 4.80. The Balaban J connectivity index is 1.76. The van der Waals surface area contributed by atoms with Crippen molar-refractivity contribution in [2.45, 2.75) is 40.0 Å². The topological polar surface area (TPSA) is 75.1 Å². The monoisotopic (exact) mass is 381 g/mol. The molecule has 1 unspecified atom stereocenters. The van der Waals surface area contributed by atoms with Gasteiger partial charge in [-0.25, -0.2) is 14.8 Å². The third-order valence-electron chi connectivity index (χ3n) is 5.48. The van der Waals surface area contributed by atoms with Crippen LogP contribution in [0.5, 0.6) is 0 Å². The summed E-state index contributed by atoms with van der Waals surface area (Å²) in [7, 11) is 0. The first-order valence-electron chi connectivity index (χ1n) is 9.19. The van der Waals surface area contributed by atoms with Crippen molar-refractivity contribution in [3.63, 3.8) is 0 Å². The van der Waals surface area contributed by atoms with Gasteiger partial charge in [0.15, 0.2) is 0 Å². The number of carbonyl (C=O) groups is 1. The van der Waals surface area contributed by atoms with Crippen LogP contribution < -0.4 is 5.32 Å². The van der Waals surface area contributed by atoms with E-state index in [0.717, 1.165) is 29.5 Å². The van der Waals surface area contributed by atoms with Crippen molar-refractivity contribution < 1.29 is 9.90 Å². The van der Waals surface area contributed by atoms with Gasteiger partial charge < -0.3 is 10.4 Å². The lowest BCUT2D eigenvalue weighted by molar-refractivity contribution is 0.0698. The second-order valence-corrected chi connectivity index (χ2v) is 9.27. The Morgan fingerprint density at radius 3 is 2.78 bits per heavy atom. The van der Waals surface area contributed by atoms with Crippen LogP contribution in [0.2, 0.25) is 0 Å². The van der Waals surface area contributed by atoms with E-state index in [-0.39, 0.29) is 5.56 Å². The Labute approximate surface area is 162 Å². The largest absolute Gasteiger partial charge is 0.478 e. The van der Waals surface area contributed by atoms with E-state index < -0.39 is 5.97 Å². The van der Waals surface area contributed by atoms with Gasteiger partial charge in [0, 0.05) is 4.88 Å². The molecule has 0 saturated heterocycles. The predicted octanol–water partition coefficient (Wildman–Crippen LogP) is 5.28. The number of nitrogens with zero attached hydrogens (tertiary/aromatic N) is 2. The zero-order valence-corrected chi connectivity index (χ0v) is 16.6. The van der Waals surface area contributed by atoms with Crippen LogP contribution in [0.3, 0.4) is 0 Å². The molecule has 5 nitrogen and oxygen atoms in total. The summed E-state index contributed by atoms with van der Waals surface area (Å²) in [6, 6.07) is 6.92. The summed E-state index contributed by atoms with van der Waals surface area (Å²) in [5.74, 6) is 0.402. The Morgan fingerprint density at radius 1 is 1.26 bits per heavy atom. The van der Waals surface area contributed by atoms with Crippen LogP contribution >= 0.6 is 11.3 Å². The number of rotatable bonds is 3. The number of hydrogen-bond donors (Lipinski definition) is 2. The van der Waals surface area contributed by atoms with Crippen molar-refractivity contribution >= 4 is 39.0 Å². The minimum atomic E-state index is -0.955. The summed E-state index contributed by atoms with van der Waals surface area (Å²) < 4.78 is 0. The molecule has 1 aliphatic carbocycles. The molecule has 4 rings (SSSR count). The standard InChI is InChI=1S/C21H23N3O2S/c1-21(2,3)12-8-9-14-16(10-12)27-19-17(14)18(22-11-23-19)24-15-7-5-4-6-13(15)20(25)26/h4-7,11-12H,8-10H2,1-3H3,(H,25,26)(H,22,23,24). The number of carboxylic acid groups (broad SMARTS) is 1. The van der Waals surface area contributed by atoms with Gasteiger partial charge in [0.25, 0.3) is 0 Å². The highest BCUT2D eigenvalue weighted by Crippen LogP contribution is 2.44. The van der Waals surface area contributed by atoms with Crippen molar-refractivity contribution in [2.24, 2.45) is 11.3 Å². The van der Waals surface area contributed by atoms with Crippen LogP contribution in [0.4, 0.5) is 11.5 Å². The molecular weight excluding hydrogens is 358 g/mol. The lowest BCUT2D eigenvalue weighted by Crippen LogP contribution is -2.26. The number of anilines is 2. The number of aryl methyl sites for hydroxylation is 1. The van der Waals surface area contributed by atoms with Crippen molar-refractivity contribution in [3.8, 4) is 0 Å². The lowest BCUT2D eigenvalue weighted by Gasteiger charge is -2.33. The number of para-hydroxylation sites is 1. The fourth-order valence-electron chi connectivity index (χ4n) is 3.85. The minimum absolute atomic E-state index is 0.237. The summed E-state index contributed by atoms with van der Waals surface area (Å²) in [4.78, 5) is 22.8. The number of aromatic carboxylic acids is 1. The first-order chi connectivity index (χ1) is 12.8. The van der Waals surface area contributed by atoms with Crippen LogP contribution in [0.25, 0.3) is 10.2 Å². The molecule has 0 radical (unpaired) electrons. The first-order valence-corrected chi connectivity index (χ1v) is 10.0. The molecule has 0 spiro atoms. The highest BCUT2D eigenvalue weighted by molar-refractivity contribution is 7.19. The van der Waals surface area contributed by atoms with Gasteiger partial charge in [0.2, 0.25) is 0 Å². The molecule has 0 saturated carbocycles. The van der Waals surface area contributed by atoms with Crippen LogP contribution in [-0.4, -0.2) is 21.0 Å². The molecule has 1 aliphatic rings. The molecule has 2 N–H and O–H groups in total. The number of carboxylic acids is 1. The number of nitrogens with one attached hydrogen (secondary N) is 1. The molecule has 6 heteroatoms. The Kier molecular flexibility index (Phi) is 4.38. The summed E-state index contributed by atoms with van der Waals surface area (Å²) >= 11 is 1.75. The third-order valence-corrected chi connectivity index (χ3v) is 6.64. The Morgan fingerprint density at radius 2 is 2.04 bits per heavy atom. The first kappa shape index (κ1) is 17.9. The highest BCUT2D eigenvalue weighted by Gasteiger charge is 2.31. The SMILES string of the molecule is CC(C)(C)C1CCc2c(sc3ncnc(Nc4ccccc4C(=O)O)c23)C1. The van der Waals surface area contributed by atoms with Crippen LogP contribution in [0, 0.1) is 11.3 Å². The van der Waals surface area contributed by atoms with Crippen molar-refractivity contribution in [1.82, 2.24) is 9.97 Å². The van der Waals surface area contributed by atoms with Gasteiger partial charge in [-0.15, -0.1) is 11.3 Å². The van der Waals surface area contributed by atoms with Gasteiger partial charge in [0.1, 0.15) is 17.0 Å². The van der Waals surface area contributed by atoms with Crippen LogP contribution in [-0.2, 0) is 12.8 Å². The van der Waals surface area contributed by atoms with Crippen LogP contribution in [0.15, 0.2) is 30.6 Å². The lowest BCUT2D eigenvalue weighted by atomic mass is 9.72. The molecule has 2 heterocycles. The number of aromatic nitrogens is 2. The quantitative estimate of drug-likeness (QED) is 0.645. The molecule has 2 aromatic heterocycles. The Bertz CT molecular complexity index is 1020. The predicted molar refractivity (Wildman–Crippen MR) is 109 cm³/mol. The fourth-order valence-corrected chi connectivity index (χ4v) is 5.12. The molecule has 27 heavy (non-hydrogen) atoms. The average molecular weight is 382 g/mol. The normalized spacial score (nSPS) is 16.9. The molecule has 1 atom stereocenters. The highest BCUT2D eigenvalue weighted by atomic mass is 32.1. The van der Waals surface area contributed by atoms with E-state index in [1.165, 1.54) is 10.4 Å². The van der Waals surface area contributed by atoms with E-state index in [0.29, 0.717) is 22.8 Å². The van der Waals surface area contributed by atoms with Crippen molar-refractivity contribution in [1.29, 1.82) is 0 Å². The second-order valence-electron chi connectivity index (χ2n) is 8.19. The average Bonchev–Trinajstić information content (AvgIpc) is 3.00. The van der Waals surface area contributed by atoms with E-state index in [9.17, 15) is 9.90 Å². The minimum Gasteiger partial charge on any atom is -0.478 e. The maximum atomic E-state index is 11.5. The van der Waals surface area contributed by atoms with Gasteiger partial charge >= 0.3 is 5.97 Å². The fraction of sp³-hybridized carbons (Fsp3) is 0.381. The van der Waals surface area contributed by atoms with Gasteiger partial charge in [0.05, 0.1) is 16.6 Å². The molecular formula is C21H23N3O2S. The second kappa shape index (κ2) is 6.60. The smallest absolute Gasteiger partial charge is 0.337 e. The van der Waals surface area contributed by atoms with E-state index in [1.807, 2.05) is 6.07 Å². The molecule has 0 fully saturated rings. The van der Waals surface area contributed by atoms with E-state index >= 15 is 0 Å². The van der Waals surface area contributed by atoms with Crippen molar-refractivity contribution in [3.05, 3.63) is 46.6 Å². The summed E-state index contributed by atoms with van der Waals surface area (Å²) in [5, 5.41) is 13.7. The van der Waals surface area contributed by atoms with E-state index in [4.69, 9.17) is 0 Å². The van der Waals surface area contributed by atoms with Gasteiger partial charge in [-0.2, -0.15) is 0 Å². The number of hydrogen-bond acceptors (Lipinski definition) is 5. The van der Waals surface area contributed by atoms with E-state index in [2.05, 4.69) is 36.1 Å². The third kappa shape index (κ3) is 3.30. The summed E-state index contributed by atoms with van der Waals surface area (Å²) in [6.45, 7) is 6.93.